The predicted molar refractivity (Wildman–Crippen MR) is 65.1 cm³/mol. The van der Waals surface area contributed by atoms with Gasteiger partial charge >= 0.3 is 6.09 Å². The molecule has 0 bridgehead atoms. The van der Waals surface area contributed by atoms with Crippen LogP contribution in [0.15, 0.2) is 5.38 Å². The van der Waals surface area contributed by atoms with Gasteiger partial charge in [-0.3, -0.25) is 0 Å². The second-order valence-corrected chi connectivity index (χ2v) is 5.06. The van der Waals surface area contributed by atoms with Crippen molar-refractivity contribution in [2.45, 2.75) is 32.6 Å². The first-order chi connectivity index (χ1) is 7.72. The molecule has 1 unspecified atom stereocenters. The van der Waals surface area contributed by atoms with Crippen LogP contribution in [0.2, 0.25) is 0 Å². The Morgan fingerprint density at radius 2 is 2.50 bits per heavy atom. The van der Waals surface area contributed by atoms with Gasteiger partial charge in [0.25, 0.3) is 0 Å². The SMILES string of the molecule is CCOC(=O)NCC1CCc2scc(C)c21. The minimum Gasteiger partial charge on any atom is -0.450 e. The Balaban J connectivity index is 1.93. The summed E-state index contributed by atoms with van der Waals surface area (Å²) >= 11 is 1.84. The third-order valence-electron chi connectivity index (χ3n) is 3.00. The molecule has 3 nitrogen and oxygen atoms in total. The molecule has 1 N–H and O–H groups in total. The maximum absolute atomic E-state index is 11.2. The second-order valence-electron chi connectivity index (χ2n) is 4.09. The smallest absolute Gasteiger partial charge is 0.407 e. The Bertz CT molecular complexity index is 386. The van der Waals surface area contributed by atoms with Crippen LogP contribution in [-0.4, -0.2) is 19.2 Å². The van der Waals surface area contributed by atoms with E-state index in [9.17, 15) is 4.79 Å². The van der Waals surface area contributed by atoms with E-state index in [4.69, 9.17) is 4.74 Å². The molecule has 1 atom stereocenters. The van der Waals surface area contributed by atoms with Crippen LogP contribution in [0, 0.1) is 6.92 Å². The molecule has 1 aliphatic carbocycles. The van der Waals surface area contributed by atoms with Gasteiger partial charge in [-0.05, 0) is 43.2 Å². The maximum Gasteiger partial charge on any atom is 0.407 e. The molecule has 0 saturated heterocycles. The van der Waals surface area contributed by atoms with Crippen LogP contribution in [-0.2, 0) is 11.2 Å². The molecule has 88 valence electrons. The van der Waals surface area contributed by atoms with Crippen molar-refractivity contribution in [2.24, 2.45) is 0 Å². The first kappa shape index (κ1) is 11.5. The zero-order valence-electron chi connectivity index (χ0n) is 9.71. The quantitative estimate of drug-likeness (QED) is 0.880. The van der Waals surface area contributed by atoms with Crippen molar-refractivity contribution in [1.29, 1.82) is 0 Å². The molecule has 16 heavy (non-hydrogen) atoms. The lowest BCUT2D eigenvalue weighted by molar-refractivity contribution is 0.151. The van der Waals surface area contributed by atoms with Crippen molar-refractivity contribution in [3.63, 3.8) is 0 Å². The number of hydrogen-bond acceptors (Lipinski definition) is 3. The van der Waals surface area contributed by atoms with Gasteiger partial charge in [0.1, 0.15) is 0 Å². The van der Waals surface area contributed by atoms with Crippen molar-refractivity contribution in [3.8, 4) is 0 Å². The van der Waals surface area contributed by atoms with Gasteiger partial charge in [-0.1, -0.05) is 0 Å². The lowest BCUT2D eigenvalue weighted by Gasteiger charge is -2.12. The Kier molecular flexibility index (Phi) is 3.49. The summed E-state index contributed by atoms with van der Waals surface area (Å²) in [6, 6.07) is 0. The monoisotopic (exact) mass is 239 g/mol. The third kappa shape index (κ3) is 2.21. The number of amides is 1. The fourth-order valence-corrected chi connectivity index (χ4v) is 3.43. The van der Waals surface area contributed by atoms with Crippen LogP contribution < -0.4 is 5.32 Å². The van der Waals surface area contributed by atoms with Crippen LogP contribution in [0.1, 0.15) is 35.3 Å². The number of carbonyl (C=O) groups excluding carboxylic acids is 1. The number of carbonyl (C=O) groups is 1. The largest absolute Gasteiger partial charge is 0.450 e. The third-order valence-corrected chi connectivity index (χ3v) is 4.18. The van der Waals surface area contributed by atoms with E-state index < -0.39 is 0 Å². The Hall–Kier alpha value is -1.03. The lowest BCUT2D eigenvalue weighted by atomic mass is 10.0. The molecule has 1 amide bonds. The van der Waals surface area contributed by atoms with Gasteiger partial charge in [0.15, 0.2) is 0 Å². The van der Waals surface area contributed by atoms with Crippen LogP contribution >= 0.6 is 11.3 Å². The summed E-state index contributed by atoms with van der Waals surface area (Å²) in [6.07, 6.45) is 2.00. The molecule has 0 aromatic carbocycles. The predicted octanol–water partition coefficient (Wildman–Crippen LogP) is 2.83. The highest BCUT2D eigenvalue weighted by Gasteiger charge is 2.26. The number of aryl methyl sites for hydroxylation is 2. The van der Waals surface area contributed by atoms with Gasteiger partial charge in [-0.25, -0.2) is 4.79 Å². The zero-order chi connectivity index (χ0) is 11.5. The maximum atomic E-state index is 11.2. The molecule has 0 aliphatic heterocycles. The average Bonchev–Trinajstić information content (AvgIpc) is 2.80. The number of ether oxygens (including phenoxy) is 1. The molecular weight excluding hydrogens is 222 g/mol. The number of hydrogen-bond donors (Lipinski definition) is 1. The molecule has 1 heterocycles. The minimum absolute atomic E-state index is 0.302. The first-order valence-electron chi connectivity index (χ1n) is 5.69. The van der Waals surface area contributed by atoms with Gasteiger partial charge < -0.3 is 10.1 Å². The first-order valence-corrected chi connectivity index (χ1v) is 6.57. The highest BCUT2D eigenvalue weighted by molar-refractivity contribution is 7.10. The minimum atomic E-state index is -0.302. The number of fused-ring (bicyclic) bond motifs is 1. The Morgan fingerprint density at radius 3 is 3.25 bits per heavy atom. The highest BCUT2D eigenvalue weighted by atomic mass is 32.1. The molecule has 2 rings (SSSR count). The van der Waals surface area contributed by atoms with E-state index in [0.29, 0.717) is 19.1 Å². The van der Waals surface area contributed by atoms with Crippen molar-refractivity contribution in [1.82, 2.24) is 5.32 Å². The van der Waals surface area contributed by atoms with E-state index in [1.807, 2.05) is 18.3 Å². The second kappa shape index (κ2) is 4.87. The molecule has 0 saturated carbocycles. The van der Waals surface area contributed by atoms with E-state index in [-0.39, 0.29) is 6.09 Å². The van der Waals surface area contributed by atoms with Gasteiger partial charge in [0, 0.05) is 17.3 Å². The van der Waals surface area contributed by atoms with Crippen LogP contribution in [0.3, 0.4) is 0 Å². The molecular formula is C12H17NO2S. The molecule has 1 aliphatic rings. The lowest BCUT2D eigenvalue weighted by Crippen LogP contribution is -2.28. The van der Waals surface area contributed by atoms with Crippen molar-refractivity contribution < 1.29 is 9.53 Å². The molecule has 0 fully saturated rings. The summed E-state index contributed by atoms with van der Waals surface area (Å²) in [7, 11) is 0. The van der Waals surface area contributed by atoms with Crippen molar-refractivity contribution in [3.05, 3.63) is 21.4 Å². The fraction of sp³-hybridized carbons (Fsp3) is 0.583. The summed E-state index contributed by atoms with van der Waals surface area (Å²) in [4.78, 5) is 12.7. The van der Waals surface area contributed by atoms with E-state index in [2.05, 4.69) is 17.6 Å². The Morgan fingerprint density at radius 1 is 1.69 bits per heavy atom. The molecule has 0 spiro atoms. The van der Waals surface area contributed by atoms with Crippen LogP contribution in [0.4, 0.5) is 4.79 Å². The van der Waals surface area contributed by atoms with Crippen LogP contribution in [0.25, 0.3) is 0 Å². The zero-order valence-corrected chi connectivity index (χ0v) is 10.5. The molecule has 1 aromatic heterocycles. The van der Waals surface area contributed by atoms with Gasteiger partial charge in [0.2, 0.25) is 0 Å². The van der Waals surface area contributed by atoms with E-state index >= 15 is 0 Å². The van der Waals surface area contributed by atoms with Gasteiger partial charge in [-0.15, -0.1) is 11.3 Å². The summed E-state index contributed by atoms with van der Waals surface area (Å²) in [6.45, 7) is 5.09. The average molecular weight is 239 g/mol. The van der Waals surface area contributed by atoms with Crippen LogP contribution in [0.5, 0.6) is 0 Å². The molecule has 4 heteroatoms. The van der Waals surface area contributed by atoms with E-state index in [1.165, 1.54) is 16.0 Å². The standard InChI is InChI=1S/C12H17NO2S/c1-3-15-12(14)13-6-9-4-5-10-11(9)8(2)7-16-10/h7,9H,3-6H2,1-2H3,(H,13,14). The summed E-state index contributed by atoms with van der Waals surface area (Å²) in [5.41, 5.74) is 2.83. The van der Waals surface area contributed by atoms with Gasteiger partial charge in [-0.2, -0.15) is 0 Å². The summed E-state index contributed by atoms with van der Waals surface area (Å²) in [5.74, 6) is 0.477. The number of rotatable bonds is 3. The Labute approximate surface area is 99.8 Å². The topological polar surface area (TPSA) is 38.3 Å². The van der Waals surface area contributed by atoms with E-state index in [0.717, 1.165) is 12.8 Å². The van der Waals surface area contributed by atoms with Crippen molar-refractivity contribution in [2.75, 3.05) is 13.2 Å². The van der Waals surface area contributed by atoms with Gasteiger partial charge in [0.05, 0.1) is 6.61 Å². The summed E-state index contributed by atoms with van der Waals surface area (Å²) < 4.78 is 4.85. The number of thiophene rings is 1. The number of nitrogens with one attached hydrogen (secondary N) is 1. The number of alkyl carbamates (subject to hydrolysis) is 1. The van der Waals surface area contributed by atoms with E-state index in [1.54, 1.807) is 0 Å². The normalized spacial score (nSPS) is 18.2. The highest BCUT2D eigenvalue weighted by Crippen LogP contribution is 2.38. The summed E-state index contributed by atoms with van der Waals surface area (Å²) in [5, 5.41) is 5.04. The fourth-order valence-electron chi connectivity index (χ4n) is 2.29. The molecule has 1 aromatic rings. The molecule has 0 radical (unpaired) electrons. The van der Waals surface area contributed by atoms with Crippen molar-refractivity contribution >= 4 is 17.4 Å².